The van der Waals surface area contributed by atoms with Crippen LogP contribution in [0.3, 0.4) is 0 Å². The fraction of sp³-hybridized carbons (Fsp3) is 0.133. The topological polar surface area (TPSA) is 17.1 Å². The molecule has 0 fully saturated rings. The Labute approximate surface area is 126 Å². The first-order chi connectivity index (χ1) is 9.70. The van der Waals surface area contributed by atoms with E-state index in [2.05, 4.69) is 15.9 Å². The minimum Gasteiger partial charge on any atom is -0.288 e. The van der Waals surface area contributed by atoms with Crippen LogP contribution in [0.4, 0.5) is 17.6 Å². The van der Waals surface area contributed by atoms with Gasteiger partial charge in [0.05, 0.1) is 11.1 Å². The quantitative estimate of drug-likeness (QED) is 0.534. The van der Waals surface area contributed by atoms with E-state index in [-0.39, 0.29) is 15.6 Å². The molecule has 0 unspecified atom stereocenters. The van der Waals surface area contributed by atoms with Gasteiger partial charge in [-0.25, -0.2) is 4.39 Å². The van der Waals surface area contributed by atoms with Crippen LogP contribution >= 0.6 is 15.9 Å². The van der Waals surface area contributed by atoms with E-state index in [4.69, 9.17) is 0 Å². The third kappa shape index (κ3) is 3.32. The van der Waals surface area contributed by atoms with Gasteiger partial charge in [-0.3, -0.25) is 4.79 Å². The molecule has 0 aromatic heterocycles. The monoisotopic (exact) mass is 360 g/mol. The molecule has 0 bridgehead atoms. The maximum atomic E-state index is 13.7. The van der Waals surface area contributed by atoms with Crippen molar-refractivity contribution in [2.45, 2.75) is 13.1 Å². The predicted molar refractivity (Wildman–Crippen MR) is 73.7 cm³/mol. The molecular formula is C15H9BrF4O. The van der Waals surface area contributed by atoms with E-state index in [0.717, 1.165) is 18.2 Å². The van der Waals surface area contributed by atoms with Crippen LogP contribution in [0.2, 0.25) is 0 Å². The summed E-state index contributed by atoms with van der Waals surface area (Å²) in [5.74, 6) is -1.57. The molecule has 2 aromatic carbocycles. The zero-order valence-corrected chi connectivity index (χ0v) is 12.3. The Bertz CT molecular complexity index is 707. The van der Waals surface area contributed by atoms with E-state index >= 15 is 0 Å². The third-order valence-electron chi connectivity index (χ3n) is 2.90. The standard InChI is InChI=1S/C15H9BrF4O/c1-8-2-5-13(17)11(6-8)14(21)10-7-9(15(18,19)20)3-4-12(10)16/h2-7H,1H3. The number of halogens is 5. The lowest BCUT2D eigenvalue weighted by atomic mass is 9.99. The molecule has 110 valence electrons. The first-order valence-corrected chi connectivity index (χ1v) is 6.67. The van der Waals surface area contributed by atoms with Crippen molar-refractivity contribution in [2.24, 2.45) is 0 Å². The SMILES string of the molecule is Cc1ccc(F)c(C(=O)c2cc(C(F)(F)F)ccc2Br)c1. The molecule has 0 heterocycles. The van der Waals surface area contributed by atoms with Crippen LogP contribution in [0.25, 0.3) is 0 Å². The number of rotatable bonds is 2. The fourth-order valence-electron chi connectivity index (χ4n) is 1.83. The summed E-state index contributed by atoms with van der Waals surface area (Å²) in [5, 5.41) is 0. The highest BCUT2D eigenvalue weighted by Gasteiger charge is 2.32. The van der Waals surface area contributed by atoms with Crippen molar-refractivity contribution >= 4 is 21.7 Å². The van der Waals surface area contributed by atoms with Gasteiger partial charge in [0.1, 0.15) is 5.82 Å². The second-order valence-electron chi connectivity index (χ2n) is 4.50. The van der Waals surface area contributed by atoms with Gasteiger partial charge in [-0.15, -0.1) is 0 Å². The van der Waals surface area contributed by atoms with Crippen LogP contribution in [0.15, 0.2) is 40.9 Å². The smallest absolute Gasteiger partial charge is 0.288 e. The Morgan fingerprint density at radius 2 is 1.71 bits per heavy atom. The maximum absolute atomic E-state index is 13.7. The molecule has 0 aliphatic carbocycles. The normalized spacial score (nSPS) is 11.5. The van der Waals surface area contributed by atoms with Crippen molar-refractivity contribution in [3.63, 3.8) is 0 Å². The minimum absolute atomic E-state index is 0.182. The van der Waals surface area contributed by atoms with Gasteiger partial charge >= 0.3 is 6.18 Å². The van der Waals surface area contributed by atoms with Crippen molar-refractivity contribution in [1.29, 1.82) is 0 Å². The van der Waals surface area contributed by atoms with Crippen molar-refractivity contribution in [3.8, 4) is 0 Å². The molecule has 1 nitrogen and oxygen atoms in total. The molecule has 0 spiro atoms. The summed E-state index contributed by atoms with van der Waals surface area (Å²) in [6, 6.07) is 6.60. The molecule has 0 radical (unpaired) electrons. The molecule has 2 rings (SSSR count). The molecule has 0 N–H and O–H groups in total. The van der Waals surface area contributed by atoms with Crippen molar-refractivity contribution in [2.75, 3.05) is 0 Å². The molecule has 0 amide bonds. The lowest BCUT2D eigenvalue weighted by Gasteiger charge is -2.11. The molecule has 21 heavy (non-hydrogen) atoms. The molecule has 0 aliphatic heterocycles. The van der Waals surface area contributed by atoms with Gasteiger partial charge in [-0.05, 0) is 37.3 Å². The lowest BCUT2D eigenvalue weighted by Crippen LogP contribution is -2.10. The number of alkyl halides is 3. The van der Waals surface area contributed by atoms with Gasteiger partial charge in [0.25, 0.3) is 0 Å². The van der Waals surface area contributed by atoms with Crippen LogP contribution in [0, 0.1) is 12.7 Å². The zero-order valence-electron chi connectivity index (χ0n) is 10.8. The van der Waals surface area contributed by atoms with Crippen LogP contribution in [-0.2, 0) is 6.18 Å². The summed E-state index contributed by atoms with van der Waals surface area (Å²) in [5.41, 5.74) is -0.797. The highest BCUT2D eigenvalue weighted by Crippen LogP contribution is 2.33. The Kier molecular flexibility index (Phi) is 4.18. The Balaban J connectivity index is 2.55. The largest absolute Gasteiger partial charge is 0.416 e. The summed E-state index contributed by atoms with van der Waals surface area (Å²) in [4.78, 5) is 12.3. The second-order valence-corrected chi connectivity index (χ2v) is 5.36. The van der Waals surface area contributed by atoms with Gasteiger partial charge < -0.3 is 0 Å². The second kappa shape index (κ2) is 5.60. The van der Waals surface area contributed by atoms with Gasteiger partial charge in [0.15, 0.2) is 5.78 Å². The molecule has 0 saturated heterocycles. The van der Waals surface area contributed by atoms with Gasteiger partial charge in [-0.2, -0.15) is 13.2 Å². The average Bonchev–Trinajstić information content (AvgIpc) is 2.40. The molecular weight excluding hydrogens is 352 g/mol. The highest BCUT2D eigenvalue weighted by molar-refractivity contribution is 9.10. The molecule has 0 saturated carbocycles. The number of hydrogen-bond donors (Lipinski definition) is 0. The van der Waals surface area contributed by atoms with Crippen LogP contribution in [0.5, 0.6) is 0 Å². The molecule has 6 heteroatoms. The van der Waals surface area contributed by atoms with E-state index in [0.29, 0.717) is 11.6 Å². The number of carbonyl (C=O) groups is 1. The summed E-state index contributed by atoms with van der Waals surface area (Å²) in [6.07, 6.45) is -4.57. The number of hydrogen-bond acceptors (Lipinski definition) is 1. The third-order valence-corrected chi connectivity index (χ3v) is 3.60. The Hall–Kier alpha value is -1.69. The number of benzene rings is 2. The van der Waals surface area contributed by atoms with Crippen LogP contribution in [-0.4, -0.2) is 5.78 Å². The predicted octanol–water partition coefficient (Wildman–Crippen LogP) is 5.15. The van der Waals surface area contributed by atoms with Crippen molar-refractivity contribution < 1.29 is 22.4 Å². The maximum Gasteiger partial charge on any atom is 0.416 e. The lowest BCUT2D eigenvalue weighted by molar-refractivity contribution is -0.137. The van der Waals surface area contributed by atoms with E-state index in [1.807, 2.05) is 0 Å². The first kappa shape index (κ1) is 15.7. The molecule has 0 aliphatic rings. The van der Waals surface area contributed by atoms with Gasteiger partial charge in [0, 0.05) is 10.0 Å². The fourth-order valence-corrected chi connectivity index (χ4v) is 2.26. The van der Waals surface area contributed by atoms with Gasteiger partial charge in [-0.1, -0.05) is 27.6 Å². The van der Waals surface area contributed by atoms with E-state index in [1.165, 1.54) is 12.1 Å². The molecule has 0 atom stereocenters. The summed E-state index contributed by atoms with van der Waals surface area (Å²) >= 11 is 3.03. The highest BCUT2D eigenvalue weighted by atomic mass is 79.9. The number of aryl methyl sites for hydroxylation is 1. The number of carbonyl (C=O) groups excluding carboxylic acids is 1. The average molecular weight is 361 g/mol. The van der Waals surface area contributed by atoms with E-state index in [1.54, 1.807) is 6.92 Å². The first-order valence-electron chi connectivity index (χ1n) is 5.88. The van der Waals surface area contributed by atoms with Crippen molar-refractivity contribution in [3.05, 3.63) is 68.9 Å². The van der Waals surface area contributed by atoms with Gasteiger partial charge in [0.2, 0.25) is 0 Å². The summed E-state index contributed by atoms with van der Waals surface area (Å²) < 4.78 is 52.0. The van der Waals surface area contributed by atoms with Crippen LogP contribution < -0.4 is 0 Å². The number of ketones is 1. The van der Waals surface area contributed by atoms with Crippen LogP contribution in [0.1, 0.15) is 27.0 Å². The summed E-state index contributed by atoms with van der Waals surface area (Å²) in [7, 11) is 0. The minimum atomic E-state index is -4.57. The summed E-state index contributed by atoms with van der Waals surface area (Å²) in [6.45, 7) is 1.66. The van der Waals surface area contributed by atoms with E-state index < -0.39 is 23.3 Å². The molecule has 2 aromatic rings. The van der Waals surface area contributed by atoms with Crippen molar-refractivity contribution in [1.82, 2.24) is 0 Å². The Morgan fingerprint density at radius 1 is 1.05 bits per heavy atom. The Morgan fingerprint density at radius 3 is 2.33 bits per heavy atom. The van der Waals surface area contributed by atoms with E-state index in [9.17, 15) is 22.4 Å². The zero-order chi connectivity index (χ0) is 15.8.